The Bertz CT molecular complexity index is 1050. The van der Waals surface area contributed by atoms with Crippen molar-refractivity contribution in [1.82, 2.24) is 14.8 Å². The summed E-state index contributed by atoms with van der Waals surface area (Å²) in [4.78, 5) is 37.2. The van der Waals surface area contributed by atoms with Crippen LogP contribution in [0.25, 0.3) is 9.88 Å². The lowest BCUT2D eigenvalue weighted by Crippen LogP contribution is -2.51. The van der Waals surface area contributed by atoms with E-state index in [0.717, 1.165) is 28.5 Å². The minimum absolute atomic E-state index is 0.0199. The molecule has 0 radical (unpaired) electrons. The second-order valence-corrected chi connectivity index (χ2v) is 9.31. The molecule has 0 unspecified atom stereocenters. The van der Waals surface area contributed by atoms with E-state index in [9.17, 15) is 9.59 Å². The molecule has 1 fully saturated rings. The van der Waals surface area contributed by atoms with Gasteiger partial charge in [-0.1, -0.05) is 24.3 Å². The predicted octanol–water partition coefficient (Wildman–Crippen LogP) is 3.22. The van der Waals surface area contributed by atoms with E-state index in [-0.39, 0.29) is 11.8 Å². The summed E-state index contributed by atoms with van der Waals surface area (Å²) in [6.07, 6.45) is 0.922. The van der Waals surface area contributed by atoms with Crippen LogP contribution in [-0.2, 0) is 11.2 Å². The Hall–Kier alpha value is -2.55. The Morgan fingerprint density at radius 1 is 0.967 bits per heavy atom. The third-order valence-electron chi connectivity index (χ3n) is 5.66. The van der Waals surface area contributed by atoms with Gasteiger partial charge in [-0.2, -0.15) is 0 Å². The number of anilines is 1. The van der Waals surface area contributed by atoms with Gasteiger partial charge in [-0.05, 0) is 29.5 Å². The molecule has 3 aromatic rings. The molecule has 30 heavy (non-hydrogen) atoms. The monoisotopic (exact) mass is 438 g/mol. The highest BCUT2D eigenvalue weighted by Crippen LogP contribution is 2.29. The summed E-state index contributed by atoms with van der Waals surface area (Å²) in [5.41, 5.74) is 2.80. The van der Waals surface area contributed by atoms with Crippen molar-refractivity contribution in [2.45, 2.75) is 6.42 Å². The lowest BCUT2D eigenvalue weighted by atomic mass is 10.2. The Morgan fingerprint density at radius 2 is 1.80 bits per heavy atom. The summed E-state index contributed by atoms with van der Waals surface area (Å²) in [7, 11) is 0. The molecule has 4 heterocycles. The van der Waals surface area contributed by atoms with Gasteiger partial charge in [0.2, 0.25) is 5.91 Å². The zero-order valence-electron chi connectivity index (χ0n) is 16.5. The zero-order valence-corrected chi connectivity index (χ0v) is 18.1. The van der Waals surface area contributed by atoms with Gasteiger partial charge in [-0.25, -0.2) is 4.98 Å². The molecule has 0 aliphatic carbocycles. The number of rotatable bonds is 4. The van der Waals surface area contributed by atoms with Crippen LogP contribution in [0.15, 0.2) is 47.2 Å². The molecule has 8 heteroatoms. The maximum absolute atomic E-state index is 12.8. The van der Waals surface area contributed by atoms with E-state index < -0.39 is 0 Å². The molecule has 0 atom stereocenters. The number of hydrogen-bond donors (Lipinski definition) is 0. The molecule has 5 rings (SSSR count). The molecule has 2 aliphatic heterocycles. The van der Waals surface area contributed by atoms with E-state index in [0.29, 0.717) is 38.4 Å². The third-order valence-corrected chi connectivity index (χ3v) is 7.54. The highest BCUT2D eigenvalue weighted by Gasteiger charge is 2.28. The van der Waals surface area contributed by atoms with E-state index in [2.05, 4.69) is 16.0 Å². The number of carbonyl (C=O) groups is 2. The number of piperazine rings is 1. The van der Waals surface area contributed by atoms with E-state index in [1.165, 1.54) is 16.9 Å². The maximum Gasteiger partial charge on any atom is 0.273 e. The number of thiophene rings is 1. The first-order valence-electron chi connectivity index (χ1n) is 10.1. The first kappa shape index (κ1) is 19.4. The smallest absolute Gasteiger partial charge is 0.273 e. The molecule has 6 nitrogen and oxygen atoms in total. The number of nitrogens with zero attached hydrogens (tertiary/aromatic N) is 4. The lowest BCUT2D eigenvalue weighted by Gasteiger charge is -2.34. The van der Waals surface area contributed by atoms with Crippen molar-refractivity contribution < 1.29 is 9.59 Å². The van der Waals surface area contributed by atoms with Gasteiger partial charge in [0, 0.05) is 43.8 Å². The molecule has 0 saturated carbocycles. The van der Waals surface area contributed by atoms with Gasteiger partial charge >= 0.3 is 0 Å². The Morgan fingerprint density at radius 3 is 2.60 bits per heavy atom. The van der Waals surface area contributed by atoms with Crippen LogP contribution in [0.1, 0.15) is 16.1 Å². The van der Waals surface area contributed by atoms with Crippen molar-refractivity contribution in [2.75, 3.05) is 44.2 Å². The van der Waals surface area contributed by atoms with Crippen molar-refractivity contribution in [2.24, 2.45) is 0 Å². The Kier molecular flexibility index (Phi) is 5.37. The van der Waals surface area contributed by atoms with Crippen molar-refractivity contribution in [1.29, 1.82) is 0 Å². The number of benzene rings is 1. The van der Waals surface area contributed by atoms with Crippen LogP contribution in [0, 0.1) is 0 Å². The number of amides is 2. The number of thiazole rings is 1. The van der Waals surface area contributed by atoms with E-state index in [4.69, 9.17) is 0 Å². The molecule has 2 aliphatic rings. The number of para-hydroxylation sites is 1. The minimum atomic E-state index is -0.0199. The lowest BCUT2D eigenvalue weighted by molar-refractivity contribution is -0.120. The second-order valence-electron chi connectivity index (χ2n) is 7.51. The van der Waals surface area contributed by atoms with Gasteiger partial charge in [0.05, 0.1) is 11.4 Å². The summed E-state index contributed by atoms with van der Waals surface area (Å²) in [6, 6.07) is 12.1. The fourth-order valence-corrected chi connectivity index (χ4v) is 5.64. The van der Waals surface area contributed by atoms with E-state index in [1.54, 1.807) is 11.3 Å². The second kappa shape index (κ2) is 8.29. The van der Waals surface area contributed by atoms with E-state index >= 15 is 0 Å². The largest absolute Gasteiger partial charge is 0.335 e. The fraction of sp³-hybridized carbons (Fsp3) is 0.318. The molecule has 0 bridgehead atoms. The standard InChI is InChI=1S/C22H22N4O2S2/c27-20(26-8-7-16-4-1-2-5-18(16)26)14-24-9-11-25(12-10-24)22(28)17-15-30-21(23-17)19-6-3-13-29-19/h1-6,13,15H,7-12,14H2. The predicted molar refractivity (Wildman–Crippen MR) is 120 cm³/mol. The first-order chi connectivity index (χ1) is 14.7. The van der Waals surface area contributed by atoms with Crippen LogP contribution in [0.3, 0.4) is 0 Å². The van der Waals surface area contributed by atoms with Gasteiger partial charge in [0.15, 0.2) is 0 Å². The van der Waals surface area contributed by atoms with Crippen LogP contribution in [0.5, 0.6) is 0 Å². The van der Waals surface area contributed by atoms with Crippen LogP contribution in [0.4, 0.5) is 5.69 Å². The Labute approximate surface area is 183 Å². The normalized spacial score (nSPS) is 16.7. The van der Waals surface area contributed by atoms with Crippen molar-refractivity contribution >= 4 is 40.2 Å². The summed E-state index contributed by atoms with van der Waals surface area (Å²) < 4.78 is 0. The quantitative estimate of drug-likeness (QED) is 0.628. The van der Waals surface area contributed by atoms with Gasteiger partial charge in [0.25, 0.3) is 5.91 Å². The SMILES string of the molecule is O=C(c1csc(-c2cccs2)n1)N1CCN(CC(=O)N2CCc3ccccc32)CC1. The van der Waals surface area contributed by atoms with Gasteiger partial charge < -0.3 is 9.80 Å². The van der Waals surface area contributed by atoms with Crippen LogP contribution >= 0.6 is 22.7 Å². The molecule has 0 N–H and O–H groups in total. The van der Waals surface area contributed by atoms with Crippen molar-refractivity contribution in [3.05, 3.63) is 58.4 Å². The van der Waals surface area contributed by atoms with E-state index in [1.807, 2.05) is 50.9 Å². The first-order valence-corrected chi connectivity index (χ1v) is 11.8. The molecule has 1 saturated heterocycles. The third kappa shape index (κ3) is 3.78. The summed E-state index contributed by atoms with van der Waals surface area (Å²) in [6.45, 7) is 3.80. The summed E-state index contributed by atoms with van der Waals surface area (Å²) in [5, 5.41) is 4.75. The average molecular weight is 439 g/mol. The van der Waals surface area contributed by atoms with Gasteiger partial charge in [-0.3, -0.25) is 14.5 Å². The number of fused-ring (bicyclic) bond motifs is 1. The molecule has 2 amide bonds. The highest BCUT2D eigenvalue weighted by molar-refractivity contribution is 7.20. The number of carbonyl (C=O) groups excluding carboxylic acids is 2. The van der Waals surface area contributed by atoms with Crippen LogP contribution < -0.4 is 4.90 Å². The molecule has 0 spiro atoms. The molecule has 2 aromatic heterocycles. The number of aromatic nitrogens is 1. The maximum atomic E-state index is 12.8. The topological polar surface area (TPSA) is 56.8 Å². The minimum Gasteiger partial charge on any atom is -0.335 e. The van der Waals surface area contributed by atoms with Crippen molar-refractivity contribution in [3.8, 4) is 9.88 Å². The molecule has 1 aromatic carbocycles. The molecular formula is C22H22N4O2S2. The van der Waals surface area contributed by atoms with Crippen molar-refractivity contribution in [3.63, 3.8) is 0 Å². The zero-order chi connectivity index (χ0) is 20.5. The summed E-state index contributed by atoms with van der Waals surface area (Å²) >= 11 is 3.14. The van der Waals surface area contributed by atoms with Crippen LogP contribution in [-0.4, -0.2) is 65.9 Å². The number of hydrogen-bond acceptors (Lipinski definition) is 6. The fourth-order valence-electron chi connectivity index (χ4n) is 4.03. The highest BCUT2D eigenvalue weighted by atomic mass is 32.1. The molecular weight excluding hydrogens is 416 g/mol. The van der Waals surface area contributed by atoms with Gasteiger partial charge in [0.1, 0.15) is 10.7 Å². The van der Waals surface area contributed by atoms with Gasteiger partial charge in [-0.15, -0.1) is 22.7 Å². The van der Waals surface area contributed by atoms with Crippen LogP contribution in [0.2, 0.25) is 0 Å². The summed E-state index contributed by atoms with van der Waals surface area (Å²) in [5.74, 6) is 0.119. The average Bonchev–Trinajstić information content (AvgIpc) is 3.54. The Balaban J connectivity index is 1.16. The molecule has 154 valence electrons.